The number of sulfonamides is 1. The van der Waals surface area contributed by atoms with Crippen molar-refractivity contribution in [3.8, 4) is 0 Å². The summed E-state index contributed by atoms with van der Waals surface area (Å²) in [6.07, 6.45) is -4.82. The summed E-state index contributed by atoms with van der Waals surface area (Å²) in [5.41, 5.74) is -1.81. The van der Waals surface area contributed by atoms with Crippen LogP contribution in [-0.4, -0.2) is 30.6 Å². The quantitative estimate of drug-likeness (QED) is 0.734. The Hall–Kier alpha value is -2.95. The van der Waals surface area contributed by atoms with E-state index in [9.17, 15) is 35.6 Å². The summed E-state index contributed by atoms with van der Waals surface area (Å²) >= 11 is 0. The average Bonchev–Trinajstić information content (AvgIpc) is 2.85. The second kappa shape index (κ2) is 7.38. The van der Waals surface area contributed by atoms with Crippen LogP contribution in [-0.2, 0) is 22.7 Å². The lowest BCUT2D eigenvalue weighted by atomic mass is 10.1. The molecule has 0 unspecified atom stereocenters. The Morgan fingerprint density at radius 2 is 1.80 bits per heavy atom. The topological polar surface area (TPSA) is 83.6 Å². The Labute approximate surface area is 169 Å². The molecule has 3 rings (SSSR count). The van der Waals surface area contributed by atoms with E-state index in [-0.39, 0.29) is 21.6 Å². The summed E-state index contributed by atoms with van der Waals surface area (Å²) in [7, 11) is -4.14. The van der Waals surface area contributed by atoms with E-state index in [4.69, 9.17) is 0 Å². The van der Waals surface area contributed by atoms with Gasteiger partial charge in [-0.15, -0.1) is 0 Å². The number of amides is 2. The lowest BCUT2D eigenvalue weighted by Gasteiger charge is -2.18. The van der Waals surface area contributed by atoms with Crippen LogP contribution < -0.4 is 5.32 Å². The third-order valence-electron chi connectivity index (χ3n) is 4.50. The summed E-state index contributed by atoms with van der Waals surface area (Å²) in [6, 6.07) is 4.85. The molecule has 1 aliphatic rings. The largest absolute Gasteiger partial charge is 0.416 e. The van der Waals surface area contributed by atoms with Crippen molar-refractivity contribution in [2.75, 3.05) is 0 Å². The van der Waals surface area contributed by atoms with Crippen molar-refractivity contribution < 1.29 is 35.6 Å². The third-order valence-corrected chi connectivity index (χ3v) is 6.50. The lowest BCUT2D eigenvalue weighted by molar-refractivity contribution is -0.138. The first-order valence-corrected chi connectivity index (χ1v) is 10.1. The first-order chi connectivity index (χ1) is 13.8. The van der Waals surface area contributed by atoms with Crippen LogP contribution in [0.1, 0.15) is 45.7 Å². The first kappa shape index (κ1) is 21.8. The Morgan fingerprint density at radius 3 is 2.40 bits per heavy atom. The molecule has 0 aliphatic carbocycles. The number of carbonyl (C=O) groups excluding carboxylic acids is 2. The van der Waals surface area contributed by atoms with Crippen molar-refractivity contribution in [3.05, 3.63) is 64.5 Å². The number of fused-ring (bicyclic) bond motifs is 1. The van der Waals surface area contributed by atoms with E-state index in [1.807, 2.05) is 0 Å². The fraction of sp³-hybridized carbons (Fsp3) is 0.263. The molecule has 11 heteroatoms. The van der Waals surface area contributed by atoms with E-state index in [1.54, 1.807) is 0 Å². The second-order valence-corrected chi connectivity index (χ2v) is 8.68. The number of halogens is 4. The Bertz CT molecular complexity index is 1140. The number of hydrogen-bond donors (Lipinski definition) is 1. The third kappa shape index (κ3) is 3.76. The van der Waals surface area contributed by atoms with Crippen LogP contribution in [0, 0.1) is 5.82 Å². The van der Waals surface area contributed by atoms with Gasteiger partial charge in [-0.25, -0.2) is 17.1 Å². The molecule has 2 aromatic carbocycles. The highest BCUT2D eigenvalue weighted by Gasteiger charge is 2.43. The highest BCUT2D eigenvalue weighted by atomic mass is 32.2. The summed E-state index contributed by atoms with van der Waals surface area (Å²) in [6.45, 7) is 2.49. The smallest absolute Gasteiger partial charge is 0.348 e. The molecule has 0 saturated heterocycles. The highest BCUT2D eigenvalue weighted by molar-refractivity contribution is 7.90. The van der Waals surface area contributed by atoms with E-state index < -0.39 is 52.0 Å². The predicted molar refractivity (Wildman–Crippen MR) is 97.5 cm³/mol. The van der Waals surface area contributed by atoms with Gasteiger partial charge in [-0.05, 0) is 49.7 Å². The normalized spacial score (nSPS) is 15.4. The summed E-state index contributed by atoms with van der Waals surface area (Å²) in [5.74, 6) is -2.63. The molecule has 0 spiro atoms. The van der Waals surface area contributed by atoms with Crippen molar-refractivity contribution >= 4 is 21.8 Å². The maximum atomic E-state index is 13.2. The maximum absolute atomic E-state index is 13.2. The average molecular weight is 444 g/mol. The summed E-state index contributed by atoms with van der Waals surface area (Å²) < 4.78 is 78.3. The van der Waals surface area contributed by atoms with Crippen LogP contribution in [0.4, 0.5) is 17.6 Å². The van der Waals surface area contributed by atoms with E-state index in [0.29, 0.717) is 10.4 Å². The van der Waals surface area contributed by atoms with Gasteiger partial charge in [-0.2, -0.15) is 13.2 Å². The van der Waals surface area contributed by atoms with Gasteiger partial charge in [0.1, 0.15) is 10.7 Å². The fourth-order valence-corrected chi connectivity index (χ4v) is 4.94. The minimum absolute atomic E-state index is 0.0851. The van der Waals surface area contributed by atoms with Gasteiger partial charge in [-0.1, -0.05) is 6.07 Å². The van der Waals surface area contributed by atoms with Gasteiger partial charge in [0, 0.05) is 18.2 Å². The number of nitrogens with zero attached hydrogens (tertiary/aromatic N) is 1. The van der Waals surface area contributed by atoms with Crippen LogP contribution in [0.5, 0.6) is 0 Å². The molecule has 0 aromatic heterocycles. The zero-order valence-electron chi connectivity index (χ0n) is 15.7. The van der Waals surface area contributed by atoms with Crippen molar-refractivity contribution in [2.24, 2.45) is 0 Å². The molecule has 30 heavy (non-hydrogen) atoms. The molecule has 1 aliphatic heterocycles. The molecule has 0 bridgehead atoms. The standard InChI is InChI=1S/C19H16F4N2O4S/c1-10(2)25-18(27)14-6-4-11(7-16(14)30(25,28)29)17(26)24-9-12-3-5-13(20)8-15(12)19(21,22)23/h3-8,10H,9H2,1-2H3,(H,24,26). The molecule has 160 valence electrons. The van der Waals surface area contributed by atoms with Crippen molar-refractivity contribution in [1.29, 1.82) is 0 Å². The first-order valence-electron chi connectivity index (χ1n) is 8.70. The Balaban J connectivity index is 1.87. The van der Waals surface area contributed by atoms with Gasteiger partial charge in [0.15, 0.2) is 0 Å². The molecule has 0 saturated carbocycles. The molecule has 1 heterocycles. The number of hydrogen-bond acceptors (Lipinski definition) is 4. The van der Waals surface area contributed by atoms with Gasteiger partial charge >= 0.3 is 6.18 Å². The zero-order valence-corrected chi connectivity index (χ0v) is 16.6. The molecule has 2 amide bonds. The van der Waals surface area contributed by atoms with Crippen LogP contribution in [0.25, 0.3) is 0 Å². The lowest BCUT2D eigenvalue weighted by Crippen LogP contribution is -2.36. The van der Waals surface area contributed by atoms with Crippen molar-refractivity contribution in [1.82, 2.24) is 9.62 Å². The Morgan fingerprint density at radius 1 is 1.13 bits per heavy atom. The molecular formula is C19H16F4N2O4S. The van der Waals surface area contributed by atoms with Crippen molar-refractivity contribution in [2.45, 2.75) is 37.5 Å². The minimum Gasteiger partial charge on any atom is -0.348 e. The number of alkyl halides is 3. The van der Waals surface area contributed by atoms with Crippen LogP contribution in [0.3, 0.4) is 0 Å². The number of benzene rings is 2. The van der Waals surface area contributed by atoms with Gasteiger partial charge in [0.2, 0.25) is 0 Å². The summed E-state index contributed by atoms with van der Waals surface area (Å²) in [4.78, 5) is 24.4. The molecular weight excluding hydrogens is 428 g/mol. The fourth-order valence-electron chi connectivity index (χ4n) is 3.14. The molecule has 6 nitrogen and oxygen atoms in total. The van der Waals surface area contributed by atoms with E-state index in [2.05, 4.69) is 5.32 Å². The molecule has 0 radical (unpaired) electrons. The van der Waals surface area contributed by atoms with Crippen LogP contribution >= 0.6 is 0 Å². The predicted octanol–water partition coefficient (Wildman–Crippen LogP) is 3.33. The minimum atomic E-state index is -4.82. The van der Waals surface area contributed by atoms with Gasteiger partial charge < -0.3 is 5.32 Å². The maximum Gasteiger partial charge on any atom is 0.416 e. The SMILES string of the molecule is CC(C)N1C(=O)c2ccc(C(=O)NCc3ccc(F)cc3C(F)(F)F)cc2S1(=O)=O. The Kier molecular flexibility index (Phi) is 5.35. The summed E-state index contributed by atoms with van der Waals surface area (Å²) in [5, 5.41) is 2.26. The van der Waals surface area contributed by atoms with Gasteiger partial charge in [0.25, 0.3) is 21.8 Å². The van der Waals surface area contributed by atoms with Gasteiger partial charge in [0.05, 0.1) is 11.1 Å². The monoisotopic (exact) mass is 444 g/mol. The number of carbonyl (C=O) groups is 2. The number of nitrogens with one attached hydrogen (secondary N) is 1. The molecule has 2 aromatic rings. The highest BCUT2D eigenvalue weighted by Crippen LogP contribution is 2.34. The second-order valence-electron chi connectivity index (χ2n) is 6.89. The van der Waals surface area contributed by atoms with E-state index >= 15 is 0 Å². The van der Waals surface area contributed by atoms with Crippen LogP contribution in [0.2, 0.25) is 0 Å². The van der Waals surface area contributed by atoms with E-state index in [1.165, 1.54) is 26.0 Å². The van der Waals surface area contributed by atoms with Crippen molar-refractivity contribution in [3.63, 3.8) is 0 Å². The van der Waals surface area contributed by atoms with Gasteiger partial charge in [-0.3, -0.25) is 9.59 Å². The number of rotatable bonds is 4. The molecule has 1 N–H and O–H groups in total. The molecule has 0 fully saturated rings. The molecule has 0 atom stereocenters. The zero-order chi connectivity index (χ0) is 22.4. The van der Waals surface area contributed by atoms with E-state index in [0.717, 1.165) is 18.2 Å². The van der Waals surface area contributed by atoms with Crippen LogP contribution in [0.15, 0.2) is 41.3 Å².